The van der Waals surface area contributed by atoms with E-state index in [4.69, 9.17) is 4.74 Å². The molecule has 1 heterocycles. The Labute approximate surface area is 157 Å². The van der Waals surface area contributed by atoms with Gasteiger partial charge in [-0.05, 0) is 43.2 Å². The fourth-order valence-electron chi connectivity index (χ4n) is 2.60. The standard InChI is InChI=1S/C20H22N4O3/c1-13-7-8-14(2)17(11-13)27-12-20(26)24-23-19(25)10-9-18-21-15-5-3-4-6-16(15)22-18/h3-8,11H,9-10,12H2,1-2H3,(H,21,22)(H,23,25)(H,24,26). The van der Waals surface area contributed by atoms with E-state index in [-0.39, 0.29) is 18.9 Å². The molecule has 0 atom stereocenters. The molecule has 0 spiro atoms. The molecule has 1 aromatic heterocycles. The van der Waals surface area contributed by atoms with Crippen LogP contribution in [0.1, 0.15) is 23.4 Å². The Hall–Kier alpha value is -3.35. The first-order valence-corrected chi connectivity index (χ1v) is 8.72. The molecule has 0 bridgehead atoms. The van der Waals surface area contributed by atoms with Crippen LogP contribution in [0.2, 0.25) is 0 Å². The number of fused-ring (bicyclic) bond motifs is 1. The van der Waals surface area contributed by atoms with Gasteiger partial charge in [0.1, 0.15) is 11.6 Å². The van der Waals surface area contributed by atoms with E-state index >= 15 is 0 Å². The summed E-state index contributed by atoms with van der Waals surface area (Å²) in [5.74, 6) is 0.667. The maximum Gasteiger partial charge on any atom is 0.276 e. The van der Waals surface area contributed by atoms with Crippen LogP contribution in [-0.4, -0.2) is 28.4 Å². The van der Waals surface area contributed by atoms with Gasteiger partial charge in [0.05, 0.1) is 11.0 Å². The molecule has 3 rings (SSSR count). The third kappa shape index (κ3) is 5.07. The lowest BCUT2D eigenvalue weighted by atomic mass is 10.1. The molecule has 3 aromatic rings. The lowest BCUT2D eigenvalue weighted by Gasteiger charge is -2.11. The average Bonchev–Trinajstić information content (AvgIpc) is 3.08. The maximum atomic E-state index is 11.9. The number of aromatic nitrogens is 2. The molecular formula is C20H22N4O3. The summed E-state index contributed by atoms with van der Waals surface area (Å²) in [7, 11) is 0. The summed E-state index contributed by atoms with van der Waals surface area (Å²) in [5, 5.41) is 0. The largest absolute Gasteiger partial charge is 0.483 e. The molecule has 0 saturated carbocycles. The second-order valence-corrected chi connectivity index (χ2v) is 6.35. The van der Waals surface area contributed by atoms with Gasteiger partial charge in [-0.15, -0.1) is 0 Å². The molecule has 0 saturated heterocycles. The van der Waals surface area contributed by atoms with E-state index in [0.29, 0.717) is 12.2 Å². The number of carbonyl (C=O) groups is 2. The normalized spacial score (nSPS) is 10.6. The van der Waals surface area contributed by atoms with E-state index in [1.54, 1.807) is 0 Å². The van der Waals surface area contributed by atoms with Crippen molar-refractivity contribution in [2.24, 2.45) is 0 Å². The number of amides is 2. The number of hydrogen-bond acceptors (Lipinski definition) is 4. The molecule has 0 aliphatic carbocycles. The highest BCUT2D eigenvalue weighted by Gasteiger charge is 2.09. The minimum Gasteiger partial charge on any atom is -0.483 e. The lowest BCUT2D eigenvalue weighted by Crippen LogP contribution is -2.43. The number of aromatic amines is 1. The van der Waals surface area contributed by atoms with E-state index in [9.17, 15) is 9.59 Å². The van der Waals surface area contributed by atoms with Gasteiger partial charge in [-0.3, -0.25) is 20.4 Å². The maximum absolute atomic E-state index is 11.9. The van der Waals surface area contributed by atoms with Crippen molar-refractivity contribution in [3.63, 3.8) is 0 Å². The first-order chi connectivity index (χ1) is 13.0. The molecule has 140 valence electrons. The highest BCUT2D eigenvalue weighted by atomic mass is 16.5. The van der Waals surface area contributed by atoms with Crippen LogP contribution in [0.15, 0.2) is 42.5 Å². The highest BCUT2D eigenvalue weighted by Crippen LogP contribution is 2.18. The molecule has 2 aromatic carbocycles. The number of benzene rings is 2. The van der Waals surface area contributed by atoms with Crippen molar-refractivity contribution in [2.45, 2.75) is 26.7 Å². The van der Waals surface area contributed by atoms with Crippen LogP contribution in [0.5, 0.6) is 5.75 Å². The van der Waals surface area contributed by atoms with Crippen LogP contribution in [0.25, 0.3) is 11.0 Å². The van der Waals surface area contributed by atoms with Crippen molar-refractivity contribution in [3.8, 4) is 5.75 Å². The topological polar surface area (TPSA) is 96.1 Å². The quantitative estimate of drug-likeness (QED) is 0.584. The van der Waals surface area contributed by atoms with Crippen LogP contribution in [0.3, 0.4) is 0 Å². The zero-order chi connectivity index (χ0) is 19.2. The molecule has 0 aliphatic rings. The molecule has 7 heteroatoms. The number of rotatable bonds is 6. The van der Waals surface area contributed by atoms with E-state index in [1.807, 2.05) is 56.3 Å². The van der Waals surface area contributed by atoms with Crippen LogP contribution < -0.4 is 15.6 Å². The monoisotopic (exact) mass is 366 g/mol. The Bertz CT molecular complexity index is 932. The van der Waals surface area contributed by atoms with Gasteiger partial charge in [0, 0.05) is 12.8 Å². The van der Waals surface area contributed by atoms with Crippen molar-refractivity contribution in [2.75, 3.05) is 6.61 Å². The minimum absolute atomic E-state index is 0.172. The number of para-hydroxylation sites is 2. The molecule has 3 N–H and O–H groups in total. The van der Waals surface area contributed by atoms with Crippen molar-refractivity contribution in [3.05, 3.63) is 59.4 Å². The number of H-pyrrole nitrogens is 1. The van der Waals surface area contributed by atoms with Gasteiger partial charge in [0.2, 0.25) is 5.91 Å². The molecular weight excluding hydrogens is 344 g/mol. The third-order valence-corrected chi connectivity index (χ3v) is 4.07. The summed E-state index contributed by atoms with van der Waals surface area (Å²) in [5.41, 5.74) is 8.54. The summed E-state index contributed by atoms with van der Waals surface area (Å²) >= 11 is 0. The van der Waals surface area contributed by atoms with Crippen molar-refractivity contribution in [1.82, 2.24) is 20.8 Å². The van der Waals surface area contributed by atoms with Gasteiger partial charge in [0.15, 0.2) is 6.61 Å². The van der Waals surface area contributed by atoms with E-state index in [0.717, 1.165) is 28.0 Å². The summed E-state index contributed by atoms with van der Waals surface area (Å²) in [4.78, 5) is 31.3. The van der Waals surface area contributed by atoms with Gasteiger partial charge in [-0.2, -0.15) is 0 Å². The zero-order valence-corrected chi connectivity index (χ0v) is 15.3. The van der Waals surface area contributed by atoms with Gasteiger partial charge < -0.3 is 9.72 Å². The number of ether oxygens (including phenoxy) is 1. The van der Waals surface area contributed by atoms with E-state index in [1.165, 1.54) is 0 Å². The smallest absolute Gasteiger partial charge is 0.276 e. The summed E-state index contributed by atoms with van der Waals surface area (Å²) in [6.07, 6.45) is 0.660. The lowest BCUT2D eigenvalue weighted by molar-refractivity contribution is -0.130. The Kier molecular flexibility index (Phi) is 5.71. The number of imidazole rings is 1. The Balaban J connectivity index is 1.40. The molecule has 2 amide bonds. The van der Waals surface area contributed by atoms with Gasteiger partial charge in [-0.1, -0.05) is 24.3 Å². The Morgan fingerprint density at radius 1 is 1.07 bits per heavy atom. The minimum atomic E-state index is -0.423. The predicted molar refractivity (Wildman–Crippen MR) is 102 cm³/mol. The van der Waals surface area contributed by atoms with Crippen LogP contribution >= 0.6 is 0 Å². The van der Waals surface area contributed by atoms with Crippen molar-refractivity contribution < 1.29 is 14.3 Å². The molecule has 7 nitrogen and oxygen atoms in total. The third-order valence-electron chi connectivity index (χ3n) is 4.07. The van der Waals surface area contributed by atoms with Gasteiger partial charge in [-0.25, -0.2) is 4.98 Å². The average molecular weight is 366 g/mol. The number of nitrogens with zero attached hydrogens (tertiary/aromatic N) is 1. The predicted octanol–water partition coefficient (Wildman–Crippen LogP) is 2.34. The van der Waals surface area contributed by atoms with E-state index < -0.39 is 5.91 Å². The first-order valence-electron chi connectivity index (χ1n) is 8.72. The molecule has 0 aliphatic heterocycles. The molecule has 0 unspecified atom stereocenters. The van der Waals surface area contributed by atoms with E-state index in [2.05, 4.69) is 20.8 Å². The Morgan fingerprint density at radius 2 is 1.85 bits per heavy atom. The van der Waals surface area contributed by atoms with Crippen molar-refractivity contribution in [1.29, 1.82) is 0 Å². The number of carbonyl (C=O) groups excluding carboxylic acids is 2. The molecule has 27 heavy (non-hydrogen) atoms. The number of hydrazine groups is 1. The second-order valence-electron chi connectivity index (χ2n) is 6.35. The van der Waals surface area contributed by atoms with Crippen LogP contribution in [0.4, 0.5) is 0 Å². The zero-order valence-electron chi connectivity index (χ0n) is 15.3. The van der Waals surface area contributed by atoms with Crippen LogP contribution in [0, 0.1) is 13.8 Å². The number of hydrogen-bond donors (Lipinski definition) is 3. The second kappa shape index (κ2) is 8.35. The SMILES string of the molecule is Cc1ccc(C)c(OCC(=O)NNC(=O)CCc2nc3ccccc3[nH]2)c1. The molecule has 0 radical (unpaired) electrons. The summed E-state index contributed by atoms with van der Waals surface area (Å²) in [6, 6.07) is 13.5. The van der Waals surface area contributed by atoms with Gasteiger partial charge >= 0.3 is 0 Å². The highest BCUT2D eigenvalue weighted by molar-refractivity contribution is 5.83. The van der Waals surface area contributed by atoms with Gasteiger partial charge in [0.25, 0.3) is 5.91 Å². The fraction of sp³-hybridized carbons (Fsp3) is 0.250. The summed E-state index contributed by atoms with van der Waals surface area (Å²) in [6.45, 7) is 3.69. The number of nitrogens with one attached hydrogen (secondary N) is 3. The van der Waals surface area contributed by atoms with Crippen LogP contribution in [-0.2, 0) is 16.0 Å². The first kappa shape index (κ1) is 18.4. The summed E-state index contributed by atoms with van der Waals surface area (Å²) < 4.78 is 5.50. The van der Waals surface area contributed by atoms with Crippen molar-refractivity contribution >= 4 is 22.8 Å². The molecule has 0 fully saturated rings. The Morgan fingerprint density at radius 3 is 2.67 bits per heavy atom. The number of aryl methyl sites for hydroxylation is 3. The fourth-order valence-corrected chi connectivity index (χ4v) is 2.60.